The topological polar surface area (TPSA) is 61.9 Å². The Balaban J connectivity index is 1.70. The van der Waals surface area contributed by atoms with Gasteiger partial charge in [0, 0.05) is 45.6 Å². The number of carbonyl (C=O) groups is 2. The van der Waals surface area contributed by atoms with Crippen molar-refractivity contribution in [3.05, 3.63) is 29.8 Å². The van der Waals surface area contributed by atoms with Crippen molar-refractivity contribution >= 4 is 11.9 Å². The van der Waals surface area contributed by atoms with Gasteiger partial charge in [-0.15, -0.1) is 0 Å². The van der Waals surface area contributed by atoms with Crippen LogP contribution < -0.4 is 10.1 Å². The minimum absolute atomic E-state index is 0.0918. The summed E-state index contributed by atoms with van der Waals surface area (Å²) in [5.41, 5.74) is 1.15. The summed E-state index contributed by atoms with van der Waals surface area (Å²) in [5.74, 6) is 1.25. The molecule has 1 aromatic carbocycles. The molecule has 6 heteroatoms. The number of urea groups is 1. The Morgan fingerprint density at radius 2 is 2.08 bits per heavy atom. The fourth-order valence-electron chi connectivity index (χ4n) is 2.99. The zero-order chi connectivity index (χ0) is 17.5. The molecule has 0 saturated carbocycles. The zero-order valence-electron chi connectivity index (χ0n) is 14.7. The van der Waals surface area contributed by atoms with Crippen LogP contribution in [0.2, 0.25) is 0 Å². The summed E-state index contributed by atoms with van der Waals surface area (Å²) in [6.07, 6.45) is 1.31. The van der Waals surface area contributed by atoms with Crippen molar-refractivity contribution in [2.45, 2.75) is 19.8 Å². The van der Waals surface area contributed by atoms with Gasteiger partial charge in [-0.1, -0.05) is 12.1 Å². The van der Waals surface area contributed by atoms with Crippen LogP contribution >= 0.6 is 0 Å². The summed E-state index contributed by atoms with van der Waals surface area (Å²) in [6.45, 7) is 4.67. The van der Waals surface area contributed by atoms with Crippen LogP contribution in [0.1, 0.15) is 18.9 Å². The first kappa shape index (κ1) is 18.1. The van der Waals surface area contributed by atoms with Crippen LogP contribution in [-0.2, 0) is 11.2 Å². The van der Waals surface area contributed by atoms with E-state index in [0.717, 1.165) is 30.8 Å². The maximum Gasteiger partial charge on any atom is 0.317 e. The Hall–Kier alpha value is -2.24. The summed E-state index contributed by atoms with van der Waals surface area (Å²) in [6, 6.07) is 7.74. The number of carbonyl (C=O) groups excluding carboxylic acids is 2. The smallest absolute Gasteiger partial charge is 0.317 e. The highest BCUT2D eigenvalue weighted by Gasteiger charge is 2.29. The van der Waals surface area contributed by atoms with Gasteiger partial charge in [-0.2, -0.15) is 0 Å². The molecule has 0 bridgehead atoms. The molecule has 0 unspecified atom stereocenters. The number of nitrogens with one attached hydrogen (secondary N) is 1. The fourth-order valence-corrected chi connectivity index (χ4v) is 2.99. The molecule has 1 fully saturated rings. The Morgan fingerprint density at radius 3 is 2.67 bits per heavy atom. The van der Waals surface area contributed by atoms with Gasteiger partial charge in [0.2, 0.25) is 5.91 Å². The summed E-state index contributed by atoms with van der Waals surface area (Å²) in [4.78, 5) is 27.4. The van der Waals surface area contributed by atoms with E-state index in [2.05, 4.69) is 5.32 Å². The summed E-state index contributed by atoms with van der Waals surface area (Å²) < 4.78 is 5.13. The lowest BCUT2D eigenvalue weighted by Gasteiger charge is -2.21. The lowest BCUT2D eigenvalue weighted by molar-refractivity contribution is -0.127. The van der Waals surface area contributed by atoms with Crippen LogP contribution in [0.25, 0.3) is 0 Å². The molecule has 1 heterocycles. The van der Waals surface area contributed by atoms with Gasteiger partial charge in [-0.25, -0.2) is 4.79 Å². The molecule has 1 aliphatic rings. The highest BCUT2D eigenvalue weighted by Crippen LogP contribution is 2.18. The Morgan fingerprint density at radius 1 is 1.38 bits per heavy atom. The number of nitrogens with zero attached hydrogens (tertiary/aromatic N) is 2. The molecule has 24 heavy (non-hydrogen) atoms. The zero-order valence-corrected chi connectivity index (χ0v) is 14.7. The van der Waals surface area contributed by atoms with E-state index in [1.54, 1.807) is 19.1 Å². The highest BCUT2D eigenvalue weighted by atomic mass is 16.5. The Kier molecular flexibility index (Phi) is 6.46. The van der Waals surface area contributed by atoms with E-state index in [9.17, 15) is 9.59 Å². The van der Waals surface area contributed by atoms with Crippen molar-refractivity contribution in [1.82, 2.24) is 15.1 Å². The molecule has 132 valence electrons. The van der Waals surface area contributed by atoms with Crippen molar-refractivity contribution in [3.8, 4) is 5.75 Å². The van der Waals surface area contributed by atoms with E-state index < -0.39 is 0 Å². The van der Waals surface area contributed by atoms with Crippen molar-refractivity contribution in [1.29, 1.82) is 0 Å². The van der Waals surface area contributed by atoms with Crippen LogP contribution in [-0.4, -0.2) is 62.1 Å². The lowest BCUT2D eigenvalue weighted by Crippen LogP contribution is -2.41. The molecule has 0 aliphatic carbocycles. The first-order chi connectivity index (χ1) is 11.5. The number of methoxy groups -OCH3 is 1. The second kappa shape index (κ2) is 8.57. The number of benzene rings is 1. The Bertz CT molecular complexity index is 559. The van der Waals surface area contributed by atoms with Gasteiger partial charge in [0.1, 0.15) is 5.75 Å². The molecule has 3 amide bonds. The molecule has 6 nitrogen and oxygen atoms in total. The van der Waals surface area contributed by atoms with E-state index in [1.807, 2.05) is 36.1 Å². The molecule has 1 saturated heterocycles. The first-order valence-corrected chi connectivity index (χ1v) is 8.43. The second-order valence-electron chi connectivity index (χ2n) is 6.21. The molecule has 2 rings (SSSR count). The highest BCUT2D eigenvalue weighted by molar-refractivity contribution is 5.79. The van der Waals surface area contributed by atoms with Crippen LogP contribution in [0.15, 0.2) is 24.3 Å². The SMILES string of the molecule is CCN1C[C@H](CN(C)C(=O)NCCc2ccc(OC)cc2)CC1=O. The third-order valence-electron chi connectivity index (χ3n) is 4.40. The van der Waals surface area contributed by atoms with Crippen LogP contribution in [0.5, 0.6) is 5.75 Å². The third kappa shape index (κ3) is 4.88. The summed E-state index contributed by atoms with van der Waals surface area (Å²) in [5, 5.41) is 2.93. The van der Waals surface area contributed by atoms with E-state index in [1.165, 1.54) is 0 Å². The van der Waals surface area contributed by atoms with Crippen molar-refractivity contribution in [2.24, 2.45) is 5.92 Å². The number of hydrogen-bond donors (Lipinski definition) is 1. The number of ether oxygens (including phenoxy) is 1. The fraction of sp³-hybridized carbons (Fsp3) is 0.556. The predicted octanol–water partition coefficient (Wildman–Crippen LogP) is 1.75. The maximum absolute atomic E-state index is 12.2. The largest absolute Gasteiger partial charge is 0.497 e. The van der Waals surface area contributed by atoms with Crippen LogP contribution in [0.4, 0.5) is 4.79 Å². The molecule has 1 N–H and O–H groups in total. The van der Waals surface area contributed by atoms with Gasteiger partial charge >= 0.3 is 6.03 Å². The van der Waals surface area contributed by atoms with Gasteiger partial charge in [-0.3, -0.25) is 4.79 Å². The minimum atomic E-state index is -0.0918. The Labute approximate surface area is 143 Å². The van der Waals surface area contributed by atoms with E-state index >= 15 is 0 Å². The number of likely N-dealkylation sites (tertiary alicyclic amines) is 1. The summed E-state index contributed by atoms with van der Waals surface area (Å²) >= 11 is 0. The normalized spacial score (nSPS) is 17.0. The third-order valence-corrected chi connectivity index (χ3v) is 4.40. The monoisotopic (exact) mass is 333 g/mol. The number of rotatable bonds is 7. The molecule has 1 atom stereocenters. The van der Waals surface area contributed by atoms with Crippen LogP contribution in [0, 0.1) is 5.92 Å². The minimum Gasteiger partial charge on any atom is -0.497 e. The molecular weight excluding hydrogens is 306 g/mol. The maximum atomic E-state index is 12.2. The van der Waals surface area contributed by atoms with E-state index in [0.29, 0.717) is 19.5 Å². The molecular formula is C18H27N3O3. The van der Waals surface area contributed by atoms with Crippen LogP contribution in [0.3, 0.4) is 0 Å². The van der Waals surface area contributed by atoms with Gasteiger partial charge in [-0.05, 0) is 31.0 Å². The van der Waals surface area contributed by atoms with E-state index in [4.69, 9.17) is 4.74 Å². The van der Waals surface area contributed by atoms with Gasteiger partial charge < -0.3 is 19.9 Å². The van der Waals surface area contributed by atoms with Crippen molar-refractivity contribution in [3.63, 3.8) is 0 Å². The molecule has 1 aliphatic heterocycles. The van der Waals surface area contributed by atoms with Gasteiger partial charge in [0.15, 0.2) is 0 Å². The quantitative estimate of drug-likeness (QED) is 0.827. The molecule has 0 aromatic heterocycles. The predicted molar refractivity (Wildman–Crippen MR) is 93.1 cm³/mol. The first-order valence-electron chi connectivity index (χ1n) is 8.43. The average molecular weight is 333 g/mol. The second-order valence-corrected chi connectivity index (χ2v) is 6.21. The lowest BCUT2D eigenvalue weighted by atomic mass is 10.1. The standard InChI is InChI=1S/C18H27N3O3/c1-4-21-13-15(11-17(21)22)12-20(2)18(23)19-10-9-14-5-7-16(24-3)8-6-14/h5-8,15H,4,9-13H2,1-3H3,(H,19,23)/t15-/m0/s1. The van der Waals surface area contributed by atoms with Gasteiger partial charge in [0.05, 0.1) is 7.11 Å². The number of hydrogen-bond acceptors (Lipinski definition) is 3. The molecule has 1 aromatic rings. The summed E-state index contributed by atoms with van der Waals surface area (Å²) in [7, 11) is 3.42. The molecule has 0 radical (unpaired) electrons. The van der Waals surface area contributed by atoms with Crippen molar-refractivity contribution < 1.29 is 14.3 Å². The number of amides is 3. The van der Waals surface area contributed by atoms with E-state index in [-0.39, 0.29) is 17.9 Å². The average Bonchev–Trinajstić information content (AvgIpc) is 2.94. The van der Waals surface area contributed by atoms with Crippen molar-refractivity contribution in [2.75, 3.05) is 40.3 Å². The van der Waals surface area contributed by atoms with Gasteiger partial charge in [0.25, 0.3) is 0 Å². The molecule has 0 spiro atoms.